The lowest BCUT2D eigenvalue weighted by molar-refractivity contribution is -0.123. The van der Waals surface area contributed by atoms with Gasteiger partial charge < -0.3 is 5.32 Å². The second-order valence-corrected chi connectivity index (χ2v) is 6.34. The molecule has 0 aromatic carbocycles. The molecule has 2 unspecified atom stereocenters. The summed E-state index contributed by atoms with van der Waals surface area (Å²) in [6.07, 6.45) is 7.86. The molecular weight excluding hydrogens is 222 g/mol. The molecule has 0 aliphatic heterocycles. The van der Waals surface area contributed by atoms with Gasteiger partial charge in [0.1, 0.15) is 5.78 Å². The van der Waals surface area contributed by atoms with Gasteiger partial charge in [0.2, 0.25) is 0 Å². The Hall–Kier alpha value is -0.370. The molecule has 1 rings (SSSR count). The first-order valence-corrected chi connectivity index (χ1v) is 7.86. The van der Waals surface area contributed by atoms with Crippen LogP contribution < -0.4 is 5.32 Å². The maximum absolute atomic E-state index is 11.9. The second kappa shape index (κ2) is 8.68. The van der Waals surface area contributed by atoms with Gasteiger partial charge in [-0.05, 0) is 57.0 Å². The molecule has 1 aliphatic rings. The predicted molar refractivity (Wildman–Crippen MR) is 77.7 cm³/mol. The molecule has 0 saturated heterocycles. The summed E-state index contributed by atoms with van der Waals surface area (Å²) < 4.78 is 0. The molecule has 0 spiro atoms. The molecule has 18 heavy (non-hydrogen) atoms. The highest BCUT2D eigenvalue weighted by Crippen LogP contribution is 2.28. The van der Waals surface area contributed by atoms with Crippen LogP contribution in [0.25, 0.3) is 0 Å². The minimum absolute atomic E-state index is 0.375. The predicted octanol–water partition coefficient (Wildman–Crippen LogP) is 3.80. The highest BCUT2D eigenvalue weighted by atomic mass is 16.1. The molecule has 0 bridgehead atoms. The van der Waals surface area contributed by atoms with Crippen molar-refractivity contribution in [1.29, 1.82) is 0 Å². The minimum atomic E-state index is 0.375. The van der Waals surface area contributed by atoms with Crippen LogP contribution in [0.15, 0.2) is 0 Å². The largest absolute Gasteiger partial charge is 0.316 e. The summed E-state index contributed by atoms with van der Waals surface area (Å²) in [5.41, 5.74) is 0. The highest BCUT2D eigenvalue weighted by Gasteiger charge is 2.23. The molecule has 1 saturated carbocycles. The van der Waals surface area contributed by atoms with Crippen molar-refractivity contribution in [3.05, 3.63) is 0 Å². The number of rotatable bonds is 7. The van der Waals surface area contributed by atoms with Gasteiger partial charge in [-0.2, -0.15) is 0 Å². The van der Waals surface area contributed by atoms with Crippen molar-refractivity contribution in [2.45, 2.75) is 65.7 Å². The van der Waals surface area contributed by atoms with Gasteiger partial charge >= 0.3 is 0 Å². The first-order chi connectivity index (χ1) is 8.63. The van der Waals surface area contributed by atoms with E-state index in [0.29, 0.717) is 11.7 Å². The Balaban J connectivity index is 2.25. The molecule has 1 aliphatic carbocycles. The molecule has 0 amide bonds. The van der Waals surface area contributed by atoms with Gasteiger partial charge in [0.15, 0.2) is 0 Å². The Morgan fingerprint density at radius 1 is 1.22 bits per heavy atom. The van der Waals surface area contributed by atoms with Crippen molar-refractivity contribution in [1.82, 2.24) is 5.32 Å². The van der Waals surface area contributed by atoms with E-state index >= 15 is 0 Å². The van der Waals surface area contributed by atoms with E-state index in [2.05, 4.69) is 26.1 Å². The van der Waals surface area contributed by atoms with Gasteiger partial charge in [-0.1, -0.05) is 27.2 Å². The molecule has 0 aromatic rings. The number of hydrogen-bond acceptors (Lipinski definition) is 2. The summed E-state index contributed by atoms with van der Waals surface area (Å²) >= 11 is 0. The molecule has 106 valence electrons. The van der Waals surface area contributed by atoms with E-state index in [-0.39, 0.29) is 0 Å². The Bertz CT molecular complexity index is 237. The summed E-state index contributed by atoms with van der Waals surface area (Å²) in [6, 6.07) is 0. The lowest BCUT2D eigenvalue weighted by Crippen LogP contribution is -2.26. The molecule has 1 N–H and O–H groups in total. The molecule has 2 atom stereocenters. The van der Waals surface area contributed by atoms with Gasteiger partial charge in [0, 0.05) is 12.3 Å². The Kier molecular flexibility index (Phi) is 7.57. The van der Waals surface area contributed by atoms with Crippen LogP contribution in [0.5, 0.6) is 0 Å². The topological polar surface area (TPSA) is 29.1 Å². The molecule has 2 nitrogen and oxygen atoms in total. The highest BCUT2D eigenvalue weighted by molar-refractivity contribution is 5.80. The first kappa shape index (κ1) is 15.7. The van der Waals surface area contributed by atoms with Crippen LogP contribution in [0.1, 0.15) is 65.7 Å². The smallest absolute Gasteiger partial charge is 0.135 e. The summed E-state index contributed by atoms with van der Waals surface area (Å²) in [4.78, 5) is 11.9. The van der Waals surface area contributed by atoms with Gasteiger partial charge in [0.25, 0.3) is 0 Å². The van der Waals surface area contributed by atoms with Gasteiger partial charge in [-0.25, -0.2) is 0 Å². The zero-order chi connectivity index (χ0) is 13.4. The normalized spacial score (nSPS) is 25.1. The lowest BCUT2D eigenvalue weighted by atomic mass is 9.92. The van der Waals surface area contributed by atoms with E-state index < -0.39 is 0 Å². The lowest BCUT2D eigenvalue weighted by Gasteiger charge is -2.16. The van der Waals surface area contributed by atoms with E-state index in [1.807, 2.05) is 0 Å². The Labute approximate surface area is 113 Å². The SMILES string of the molecule is CCCC(=O)C1CCCC(CNCC(C)C)CC1. The standard InChI is InChI=1S/C16H31NO/c1-4-6-16(18)15-8-5-7-14(9-10-15)12-17-11-13(2)3/h13-15,17H,4-12H2,1-3H3. The molecule has 2 heteroatoms. The Morgan fingerprint density at radius 3 is 2.67 bits per heavy atom. The summed E-state index contributed by atoms with van der Waals surface area (Å²) in [7, 11) is 0. The van der Waals surface area contributed by atoms with E-state index in [1.165, 1.54) is 19.3 Å². The fraction of sp³-hybridized carbons (Fsp3) is 0.938. The summed E-state index contributed by atoms with van der Waals surface area (Å²) in [6.45, 7) is 8.87. The Morgan fingerprint density at radius 2 is 2.00 bits per heavy atom. The van der Waals surface area contributed by atoms with Crippen molar-refractivity contribution in [2.24, 2.45) is 17.8 Å². The zero-order valence-corrected chi connectivity index (χ0v) is 12.5. The number of nitrogens with one attached hydrogen (secondary N) is 1. The average Bonchev–Trinajstić information content (AvgIpc) is 2.54. The zero-order valence-electron chi connectivity index (χ0n) is 12.5. The van der Waals surface area contributed by atoms with Crippen LogP contribution in [0.3, 0.4) is 0 Å². The van der Waals surface area contributed by atoms with Crippen LogP contribution >= 0.6 is 0 Å². The summed E-state index contributed by atoms with van der Waals surface area (Å²) in [5.74, 6) is 2.42. The van der Waals surface area contributed by atoms with Gasteiger partial charge in [-0.3, -0.25) is 4.79 Å². The van der Waals surface area contributed by atoms with Crippen LogP contribution in [0, 0.1) is 17.8 Å². The van der Waals surface area contributed by atoms with Crippen molar-refractivity contribution in [3.8, 4) is 0 Å². The fourth-order valence-electron chi connectivity index (χ4n) is 2.93. The van der Waals surface area contributed by atoms with Gasteiger partial charge in [0.05, 0.1) is 0 Å². The van der Waals surface area contributed by atoms with Crippen molar-refractivity contribution in [2.75, 3.05) is 13.1 Å². The molecule has 0 aromatic heterocycles. The van der Waals surface area contributed by atoms with Crippen LogP contribution in [0.4, 0.5) is 0 Å². The maximum atomic E-state index is 11.9. The quantitative estimate of drug-likeness (QED) is 0.699. The number of carbonyl (C=O) groups is 1. The van der Waals surface area contributed by atoms with Crippen LogP contribution in [0.2, 0.25) is 0 Å². The third kappa shape index (κ3) is 5.99. The molecule has 0 radical (unpaired) electrons. The maximum Gasteiger partial charge on any atom is 0.135 e. The number of hydrogen-bond donors (Lipinski definition) is 1. The number of Topliss-reactive ketones (excluding diaryl/α,β-unsaturated/α-hetero) is 1. The van der Waals surface area contributed by atoms with E-state index in [1.54, 1.807) is 0 Å². The monoisotopic (exact) mass is 253 g/mol. The second-order valence-electron chi connectivity index (χ2n) is 6.34. The molecular formula is C16H31NO. The number of carbonyl (C=O) groups excluding carboxylic acids is 1. The van der Waals surface area contributed by atoms with E-state index in [9.17, 15) is 4.79 Å². The van der Waals surface area contributed by atoms with Gasteiger partial charge in [-0.15, -0.1) is 0 Å². The third-order valence-electron chi connectivity index (χ3n) is 4.03. The van der Waals surface area contributed by atoms with Crippen LogP contribution in [-0.2, 0) is 4.79 Å². The first-order valence-electron chi connectivity index (χ1n) is 7.86. The van der Waals surface area contributed by atoms with E-state index in [4.69, 9.17) is 0 Å². The van der Waals surface area contributed by atoms with Crippen molar-refractivity contribution in [3.63, 3.8) is 0 Å². The van der Waals surface area contributed by atoms with Crippen LogP contribution in [-0.4, -0.2) is 18.9 Å². The van der Waals surface area contributed by atoms with Crippen molar-refractivity contribution < 1.29 is 4.79 Å². The van der Waals surface area contributed by atoms with Crippen molar-refractivity contribution >= 4 is 5.78 Å². The fourth-order valence-corrected chi connectivity index (χ4v) is 2.93. The summed E-state index contributed by atoms with van der Waals surface area (Å²) in [5, 5.41) is 3.57. The average molecular weight is 253 g/mol. The third-order valence-corrected chi connectivity index (χ3v) is 4.03. The molecule has 1 fully saturated rings. The van der Waals surface area contributed by atoms with E-state index in [0.717, 1.165) is 50.6 Å². The molecule has 0 heterocycles. The minimum Gasteiger partial charge on any atom is -0.316 e. The number of ketones is 1.